The molecule has 0 fully saturated rings. The molecule has 2 aromatic carbocycles. The molecule has 0 aliphatic heterocycles. The van der Waals surface area contributed by atoms with Gasteiger partial charge in [-0.3, -0.25) is 0 Å². The first kappa shape index (κ1) is 28.7. The fourth-order valence-electron chi connectivity index (χ4n) is 2.43. The van der Waals surface area contributed by atoms with Gasteiger partial charge in [-0.2, -0.15) is 10.5 Å². The van der Waals surface area contributed by atoms with Gasteiger partial charge in [-0.1, -0.05) is 40.2 Å². The molecule has 2 amide bonds. The predicted octanol–water partition coefficient (Wildman–Crippen LogP) is 6.68. The van der Waals surface area contributed by atoms with Crippen LogP contribution < -0.4 is 0 Å². The molecule has 0 saturated carbocycles. The fourth-order valence-corrected chi connectivity index (χ4v) is 2.80. The van der Waals surface area contributed by atoms with Gasteiger partial charge < -0.3 is 9.47 Å². The summed E-state index contributed by atoms with van der Waals surface area (Å²) < 4.78 is 10.6. The monoisotopic (exact) mass is 527 g/mol. The largest absolute Gasteiger partial charge is 0.443 e. The number of ether oxygens (including phenoxy) is 2. The summed E-state index contributed by atoms with van der Waals surface area (Å²) in [5, 5.41) is 18.3. The van der Waals surface area contributed by atoms with Crippen LogP contribution in [-0.4, -0.2) is 28.3 Å². The molecule has 0 heterocycles. The summed E-state index contributed by atoms with van der Waals surface area (Å²) in [6.07, 6.45) is -1.58. The molecule has 2 rings (SSSR count). The van der Waals surface area contributed by atoms with Crippen molar-refractivity contribution in [2.45, 2.75) is 64.6 Å². The van der Waals surface area contributed by atoms with Crippen molar-refractivity contribution in [1.82, 2.24) is 4.90 Å². The predicted molar refractivity (Wildman–Crippen MR) is 133 cm³/mol. The Kier molecular flexibility index (Phi) is 10.8. The number of carbonyl (C=O) groups is 2. The number of halogens is 1. The average molecular weight is 528 g/mol. The van der Waals surface area contributed by atoms with Crippen molar-refractivity contribution >= 4 is 28.1 Å². The third kappa shape index (κ3) is 11.0. The SMILES string of the molecule is CC(C)(C)OC(=O)N(Cc1cccc(C#N)c1)C(=O)OC(C)(C)C.N#Cc1ccc(CBr)cc1. The summed E-state index contributed by atoms with van der Waals surface area (Å²) in [4.78, 5) is 25.7. The molecule has 0 aliphatic rings. The Hall–Kier alpha value is -3.36. The van der Waals surface area contributed by atoms with Gasteiger partial charge in [-0.15, -0.1) is 0 Å². The van der Waals surface area contributed by atoms with Crippen molar-refractivity contribution < 1.29 is 19.1 Å². The Bertz CT molecular complexity index is 1030. The molecule has 34 heavy (non-hydrogen) atoms. The van der Waals surface area contributed by atoms with E-state index in [1.165, 1.54) is 5.56 Å². The highest BCUT2D eigenvalue weighted by Gasteiger charge is 2.31. The minimum Gasteiger partial charge on any atom is -0.443 e. The van der Waals surface area contributed by atoms with Crippen LogP contribution in [0.4, 0.5) is 9.59 Å². The number of carbonyl (C=O) groups excluding carboxylic acids is 2. The molecule has 0 aliphatic carbocycles. The number of hydrogen-bond acceptors (Lipinski definition) is 6. The highest BCUT2D eigenvalue weighted by Crippen LogP contribution is 2.17. The van der Waals surface area contributed by atoms with E-state index in [0.717, 1.165) is 10.2 Å². The summed E-state index contributed by atoms with van der Waals surface area (Å²) in [6, 6.07) is 18.3. The van der Waals surface area contributed by atoms with Gasteiger partial charge in [0.2, 0.25) is 0 Å². The van der Waals surface area contributed by atoms with E-state index < -0.39 is 23.4 Å². The van der Waals surface area contributed by atoms with Crippen LogP contribution in [-0.2, 0) is 21.3 Å². The Labute approximate surface area is 210 Å². The Morgan fingerprint density at radius 2 is 1.32 bits per heavy atom. The molecule has 0 bridgehead atoms. The average Bonchev–Trinajstić information content (AvgIpc) is 2.75. The topological polar surface area (TPSA) is 103 Å². The fraction of sp³-hybridized carbons (Fsp3) is 0.385. The smallest absolute Gasteiger partial charge is 0.420 e. The quantitative estimate of drug-likeness (QED) is 0.412. The zero-order valence-corrected chi connectivity index (χ0v) is 22.0. The van der Waals surface area contributed by atoms with Crippen LogP contribution in [0, 0.1) is 22.7 Å². The van der Waals surface area contributed by atoms with E-state index in [1.807, 2.05) is 30.3 Å². The van der Waals surface area contributed by atoms with E-state index >= 15 is 0 Å². The van der Waals surface area contributed by atoms with Crippen molar-refractivity contribution in [3.8, 4) is 12.1 Å². The second kappa shape index (κ2) is 12.8. The standard InChI is InChI=1S/C18H24N2O4.C8H6BrN/c1-17(2,3)23-15(21)20(16(22)24-18(4,5)6)12-14-9-7-8-13(10-14)11-19;9-5-7-1-3-8(6-10)4-2-7/h7-10H,12H2,1-6H3;1-4H,5H2. The zero-order chi connectivity index (χ0) is 25.9. The second-order valence-corrected chi connectivity index (χ2v) is 9.86. The number of rotatable bonds is 3. The minimum absolute atomic E-state index is 0.0423. The van der Waals surface area contributed by atoms with E-state index in [1.54, 1.807) is 65.8 Å². The van der Waals surface area contributed by atoms with Crippen LogP contribution in [0.25, 0.3) is 0 Å². The van der Waals surface area contributed by atoms with Crippen LogP contribution in [0.3, 0.4) is 0 Å². The second-order valence-electron chi connectivity index (χ2n) is 9.30. The van der Waals surface area contributed by atoms with Gasteiger partial charge in [0, 0.05) is 5.33 Å². The molecule has 2 aromatic rings. The summed E-state index contributed by atoms with van der Waals surface area (Å²) in [7, 11) is 0. The van der Waals surface area contributed by atoms with Crippen LogP contribution >= 0.6 is 15.9 Å². The van der Waals surface area contributed by atoms with Gasteiger partial charge >= 0.3 is 12.2 Å². The molecule has 7 nitrogen and oxygen atoms in total. The van der Waals surface area contributed by atoms with Crippen LogP contribution in [0.1, 0.15) is 63.8 Å². The van der Waals surface area contributed by atoms with Crippen molar-refractivity contribution in [2.75, 3.05) is 0 Å². The van der Waals surface area contributed by atoms with Crippen molar-refractivity contribution in [3.63, 3.8) is 0 Å². The number of benzene rings is 2. The van der Waals surface area contributed by atoms with E-state index in [0.29, 0.717) is 16.7 Å². The van der Waals surface area contributed by atoms with Gasteiger partial charge in [-0.25, -0.2) is 14.5 Å². The molecule has 8 heteroatoms. The van der Waals surface area contributed by atoms with E-state index in [4.69, 9.17) is 20.0 Å². The molecular weight excluding hydrogens is 498 g/mol. The lowest BCUT2D eigenvalue weighted by atomic mass is 10.1. The number of nitriles is 2. The van der Waals surface area contributed by atoms with Crippen molar-refractivity contribution in [3.05, 3.63) is 70.8 Å². The Morgan fingerprint density at radius 1 is 0.824 bits per heavy atom. The van der Waals surface area contributed by atoms with E-state index in [9.17, 15) is 9.59 Å². The third-order valence-electron chi connectivity index (χ3n) is 3.86. The van der Waals surface area contributed by atoms with E-state index in [-0.39, 0.29) is 6.54 Å². The van der Waals surface area contributed by atoms with E-state index in [2.05, 4.69) is 22.0 Å². The summed E-state index contributed by atoms with van der Waals surface area (Å²) >= 11 is 3.32. The maximum absolute atomic E-state index is 12.4. The molecule has 0 saturated heterocycles. The lowest BCUT2D eigenvalue weighted by Gasteiger charge is -2.28. The van der Waals surface area contributed by atoms with Crippen LogP contribution in [0.5, 0.6) is 0 Å². The molecule has 0 aromatic heterocycles. The lowest BCUT2D eigenvalue weighted by molar-refractivity contribution is -0.000251. The zero-order valence-electron chi connectivity index (χ0n) is 20.4. The molecule has 0 spiro atoms. The number of amides is 2. The Balaban J connectivity index is 0.000000479. The Morgan fingerprint density at radius 3 is 1.74 bits per heavy atom. The molecule has 0 N–H and O–H groups in total. The molecule has 0 unspecified atom stereocenters. The molecule has 180 valence electrons. The van der Waals surface area contributed by atoms with Gasteiger partial charge in [0.1, 0.15) is 11.2 Å². The highest BCUT2D eigenvalue weighted by molar-refractivity contribution is 9.08. The summed E-state index contributed by atoms with van der Waals surface area (Å²) in [5.41, 5.74) is 1.49. The van der Waals surface area contributed by atoms with Crippen LogP contribution in [0.2, 0.25) is 0 Å². The number of nitrogens with zero attached hydrogens (tertiary/aromatic N) is 3. The first-order chi connectivity index (χ1) is 15.8. The first-order valence-electron chi connectivity index (χ1n) is 10.6. The number of alkyl halides is 1. The van der Waals surface area contributed by atoms with Crippen LogP contribution in [0.15, 0.2) is 48.5 Å². The highest BCUT2D eigenvalue weighted by atomic mass is 79.9. The first-order valence-corrected chi connectivity index (χ1v) is 11.7. The van der Waals surface area contributed by atoms with Gasteiger partial charge in [0.05, 0.1) is 29.8 Å². The molecule has 0 radical (unpaired) electrons. The summed E-state index contributed by atoms with van der Waals surface area (Å²) in [5.74, 6) is 0. The lowest BCUT2D eigenvalue weighted by Crippen LogP contribution is -2.43. The number of hydrogen-bond donors (Lipinski definition) is 0. The maximum Gasteiger partial charge on any atom is 0.420 e. The van der Waals surface area contributed by atoms with Crippen molar-refractivity contribution in [2.24, 2.45) is 0 Å². The third-order valence-corrected chi connectivity index (χ3v) is 4.51. The van der Waals surface area contributed by atoms with Gasteiger partial charge in [-0.05, 0) is 76.9 Å². The van der Waals surface area contributed by atoms with Gasteiger partial charge in [0.15, 0.2) is 0 Å². The summed E-state index contributed by atoms with van der Waals surface area (Å²) in [6.45, 7) is 10.3. The molecular formula is C26H30BrN3O4. The normalized spacial score (nSPS) is 10.6. The minimum atomic E-state index is -0.792. The number of imide groups is 1. The molecule has 0 atom stereocenters. The maximum atomic E-state index is 12.4. The van der Waals surface area contributed by atoms with Crippen molar-refractivity contribution in [1.29, 1.82) is 10.5 Å². The van der Waals surface area contributed by atoms with Gasteiger partial charge in [0.25, 0.3) is 0 Å².